The van der Waals surface area contributed by atoms with E-state index in [1.165, 1.54) is 24.8 Å². The van der Waals surface area contributed by atoms with Crippen LogP contribution >= 0.6 is 11.6 Å². The van der Waals surface area contributed by atoms with E-state index in [9.17, 15) is 0 Å². The van der Waals surface area contributed by atoms with Gasteiger partial charge in [-0.05, 0) is 62.1 Å². The molecule has 0 heterocycles. The molecule has 1 aromatic carbocycles. The highest BCUT2D eigenvalue weighted by molar-refractivity contribution is 6.31. The minimum Gasteiger partial charge on any atom is -0.316 e. The van der Waals surface area contributed by atoms with Crippen molar-refractivity contribution in [1.82, 2.24) is 5.32 Å². The number of hydrogen-bond donors (Lipinski definition) is 1. The van der Waals surface area contributed by atoms with Crippen LogP contribution in [0.25, 0.3) is 0 Å². The molecule has 1 nitrogen and oxygen atoms in total. The Morgan fingerprint density at radius 2 is 1.94 bits per heavy atom. The van der Waals surface area contributed by atoms with Crippen LogP contribution in [0, 0.1) is 17.8 Å². The maximum absolute atomic E-state index is 6.24. The number of hydrogen-bond acceptors (Lipinski definition) is 1. The molecule has 2 saturated carbocycles. The summed E-state index contributed by atoms with van der Waals surface area (Å²) in [5.41, 5.74) is 1.29. The van der Waals surface area contributed by atoms with Crippen molar-refractivity contribution in [2.45, 2.75) is 31.7 Å². The third kappa shape index (κ3) is 2.36. The van der Waals surface area contributed by atoms with Crippen LogP contribution in [-0.4, -0.2) is 13.1 Å². The van der Waals surface area contributed by atoms with Gasteiger partial charge >= 0.3 is 0 Å². The topological polar surface area (TPSA) is 12.0 Å². The van der Waals surface area contributed by atoms with Crippen LogP contribution in [0.3, 0.4) is 0 Å². The molecule has 3 atom stereocenters. The predicted molar refractivity (Wildman–Crippen MR) is 72.3 cm³/mol. The molecule has 1 aromatic rings. The number of fused-ring (bicyclic) bond motifs is 1. The van der Waals surface area contributed by atoms with Gasteiger partial charge in [0, 0.05) is 11.1 Å². The van der Waals surface area contributed by atoms with Gasteiger partial charge in [0.2, 0.25) is 0 Å². The van der Waals surface area contributed by atoms with E-state index in [1.807, 2.05) is 12.1 Å². The number of likely N-dealkylation sites (N-methyl/N-ethyl adjacent to an activating group) is 1. The van der Waals surface area contributed by atoms with Gasteiger partial charge in [0.15, 0.2) is 0 Å². The molecular formula is C15H20ClN. The first-order chi connectivity index (χ1) is 8.28. The van der Waals surface area contributed by atoms with Crippen LogP contribution in [-0.2, 0) is 6.42 Å². The first kappa shape index (κ1) is 11.6. The summed E-state index contributed by atoms with van der Waals surface area (Å²) in [6, 6.07) is 8.84. The molecule has 2 fully saturated rings. The molecule has 92 valence electrons. The zero-order chi connectivity index (χ0) is 11.8. The fourth-order valence-electron chi connectivity index (χ4n) is 3.50. The highest BCUT2D eigenvalue weighted by atomic mass is 35.5. The number of halogens is 1. The third-order valence-corrected chi connectivity index (χ3v) is 4.99. The lowest BCUT2D eigenvalue weighted by Gasteiger charge is -2.24. The maximum Gasteiger partial charge on any atom is 0.0438 e. The zero-order valence-electron chi connectivity index (χ0n) is 10.3. The molecule has 3 rings (SSSR count). The van der Waals surface area contributed by atoms with E-state index in [1.54, 1.807) is 0 Å². The lowest BCUT2D eigenvalue weighted by molar-refractivity contribution is 0.349. The van der Waals surface area contributed by atoms with Crippen molar-refractivity contribution in [3.8, 4) is 0 Å². The van der Waals surface area contributed by atoms with Crippen LogP contribution < -0.4 is 5.32 Å². The molecule has 0 saturated heterocycles. The van der Waals surface area contributed by atoms with Gasteiger partial charge in [0.05, 0.1) is 0 Å². The molecule has 0 aromatic heterocycles. The first-order valence-electron chi connectivity index (χ1n) is 6.68. The van der Waals surface area contributed by atoms with Gasteiger partial charge < -0.3 is 5.32 Å². The molecule has 2 aliphatic rings. The van der Waals surface area contributed by atoms with Gasteiger partial charge in [-0.3, -0.25) is 0 Å². The normalized spacial score (nSPS) is 32.2. The summed E-state index contributed by atoms with van der Waals surface area (Å²) in [5.74, 6) is 2.98. The predicted octanol–water partition coefficient (Wildman–Crippen LogP) is 3.52. The van der Waals surface area contributed by atoms with Gasteiger partial charge in [-0.2, -0.15) is 0 Å². The highest BCUT2D eigenvalue weighted by Gasteiger charge is 2.47. The summed E-state index contributed by atoms with van der Waals surface area (Å²) < 4.78 is 0. The van der Waals surface area contributed by atoms with Crippen LogP contribution in [0.15, 0.2) is 24.3 Å². The van der Waals surface area contributed by atoms with E-state index in [4.69, 9.17) is 11.6 Å². The Hall–Kier alpha value is -0.530. The van der Waals surface area contributed by atoms with Crippen molar-refractivity contribution in [3.63, 3.8) is 0 Å². The van der Waals surface area contributed by atoms with E-state index in [0.717, 1.165) is 29.2 Å². The lowest BCUT2D eigenvalue weighted by atomic mass is 9.90. The van der Waals surface area contributed by atoms with Crippen molar-refractivity contribution < 1.29 is 0 Å². The molecule has 0 aliphatic heterocycles. The van der Waals surface area contributed by atoms with E-state index in [0.29, 0.717) is 6.04 Å². The van der Waals surface area contributed by atoms with Gasteiger partial charge in [0.25, 0.3) is 0 Å². The Labute approximate surface area is 109 Å². The summed E-state index contributed by atoms with van der Waals surface area (Å²) in [6.07, 6.45) is 5.43. The molecule has 0 spiro atoms. The smallest absolute Gasteiger partial charge is 0.0438 e. The summed E-state index contributed by atoms with van der Waals surface area (Å²) in [5, 5.41) is 4.42. The van der Waals surface area contributed by atoms with Crippen LogP contribution in [0.4, 0.5) is 0 Å². The number of benzene rings is 1. The molecular weight excluding hydrogens is 230 g/mol. The van der Waals surface area contributed by atoms with Crippen molar-refractivity contribution in [2.24, 2.45) is 17.8 Å². The molecule has 1 N–H and O–H groups in total. The van der Waals surface area contributed by atoms with Crippen molar-refractivity contribution in [2.75, 3.05) is 7.05 Å². The highest BCUT2D eigenvalue weighted by Crippen LogP contribution is 2.55. The lowest BCUT2D eigenvalue weighted by Crippen LogP contribution is -2.35. The SMILES string of the molecule is CNC(Cc1ccccc1Cl)C1CC2CC2C1. The average Bonchev–Trinajstić information content (AvgIpc) is 2.95. The molecule has 2 heteroatoms. The second-order valence-corrected chi connectivity index (χ2v) is 6.09. The number of nitrogens with one attached hydrogen (secondary N) is 1. The van der Waals surface area contributed by atoms with Crippen LogP contribution in [0.5, 0.6) is 0 Å². The average molecular weight is 250 g/mol. The Balaban J connectivity index is 1.67. The Kier molecular flexibility index (Phi) is 3.14. The maximum atomic E-state index is 6.24. The fraction of sp³-hybridized carbons (Fsp3) is 0.600. The monoisotopic (exact) mass is 249 g/mol. The second-order valence-electron chi connectivity index (χ2n) is 5.68. The Bertz CT molecular complexity index is 394. The quantitative estimate of drug-likeness (QED) is 0.861. The molecule has 17 heavy (non-hydrogen) atoms. The van der Waals surface area contributed by atoms with Crippen LogP contribution in [0.2, 0.25) is 5.02 Å². The van der Waals surface area contributed by atoms with Gasteiger partial charge in [0.1, 0.15) is 0 Å². The zero-order valence-corrected chi connectivity index (χ0v) is 11.1. The Morgan fingerprint density at radius 3 is 2.59 bits per heavy atom. The molecule has 0 bridgehead atoms. The summed E-state index contributed by atoms with van der Waals surface area (Å²) in [6.45, 7) is 0. The second kappa shape index (κ2) is 4.62. The molecule has 2 aliphatic carbocycles. The van der Waals surface area contributed by atoms with Crippen molar-refractivity contribution in [3.05, 3.63) is 34.9 Å². The summed E-state index contributed by atoms with van der Waals surface area (Å²) in [7, 11) is 2.09. The summed E-state index contributed by atoms with van der Waals surface area (Å²) in [4.78, 5) is 0. The van der Waals surface area contributed by atoms with E-state index >= 15 is 0 Å². The largest absolute Gasteiger partial charge is 0.316 e. The van der Waals surface area contributed by atoms with Crippen molar-refractivity contribution >= 4 is 11.6 Å². The van der Waals surface area contributed by atoms with Crippen LogP contribution in [0.1, 0.15) is 24.8 Å². The molecule has 3 unspecified atom stereocenters. The first-order valence-corrected chi connectivity index (χ1v) is 7.06. The Morgan fingerprint density at radius 1 is 1.24 bits per heavy atom. The molecule has 0 radical (unpaired) electrons. The fourth-order valence-corrected chi connectivity index (χ4v) is 3.71. The van der Waals surface area contributed by atoms with E-state index < -0.39 is 0 Å². The minimum atomic E-state index is 0.600. The van der Waals surface area contributed by atoms with Gasteiger partial charge in [-0.15, -0.1) is 0 Å². The van der Waals surface area contributed by atoms with E-state index in [2.05, 4.69) is 24.5 Å². The summed E-state index contributed by atoms with van der Waals surface area (Å²) >= 11 is 6.24. The standard InChI is InChI=1S/C15H20ClN/c1-17-15(13-7-11-6-12(11)8-13)9-10-4-2-3-5-14(10)16/h2-5,11-13,15,17H,6-9H2,1H3. The van der Waals surface area contributed by atoms with E-state index in [-0.39, 0.29) is 0 Å². The van der Waals surface area contributed by atoms with Gasteiger partial charge in [-0.1, -0.05) is 29.8 Å². The van der Waals surface area contributed by atoms with Crippen molar-refractivity contribution in [1.29, 1.82) is 0 Å². The third-order valence-electron chi connectivity index (χ3n) is 4.62. The minimum absolute atomic E-state index is 0.600. The molecule has 0 amide bonds. The number of rotatable bonds is 4. The van der Waals surface area contributed by atoms with Gasteiger partial charge in [-0.25, -0.2) is 0 Å².